The van der Waals surface area contributed by atoms with Gasteiger partial charge in [-0.3, -0.25) is 4.98 Å². The summed E-state index contributed by atoms with van der Waals surface area (Å²) in [5.41, 5.74) is 2.58. The molecule has 0 radical (unpaired) electrons. The Kier molecular flexibility index (Phi) is 4.05. The van der Waals surface area contributed by atoms with E-state index in [1.54, 1.807) is 12.1 Å². The van der Waals surface area contributed by atoms with Crippen LogP contribution in [0.5, 0.6) is 0 Å². The molecule has 0 spiro atoms. The summed E-state index contributed by atoms with van der Waals surface area (Å²) in [5.74, 6) is -0.919. The van der Waals surface area contributed by atoms with Gasteiger partial charge in [-0.1, -0.05) is 42.1 Å². The average molecular weight is 324 g/mol. The van der Waals surface area contributed by atoms with Crippen LogP contribution in [0, 0.1) is 0 Å². The van der Waals surface area contributed by atoms with Crippen LogP contribution in [0.15, 0.2) is 12.1 Å². The number of carboxylic acids is 1. The zero-order valence-electron chi connectivity index (χ0n) is 11.5. The van der Waals surface area contributed by atoms with Crippen molar-refractivity contribution >= 4 is 40.1 Å². The second-order valence-electron chi connectivity index (χ2n) is 5.39. The van der Waals surface area contributed by atoms with E-state index in [0.29, 0.717) is 26.5 Å². The lowest BCUT2D eigenvalue weighted by atomic mass is 9.91. The molecule has 0 fully saturated rings. The quantitative estimate of drug-likeness (QED) is 0.812. The summed E-state index contributed by atoms with van der Waals surface area (Å²) >= 11 is 12.3. The van der Waals surface area contributed by atoms with Crippen molar-refractivity contribution in [2.24, 2.45) is 0 Å². The van der Waals surface area contributed by atoms with Crippen molar-refractivity contribution in [1.82, 2.24) is 4.98 Å². The first-order valence-corrected chi connectivity index (χ1v) is 7.88. The molecular weight excluding hydrogens is 309 g/mol. The summed E-state index contributed by atoms with van der Waals surface area (Å²) < 4.78 is 0. The number of nitrogens with zero attached hydrogens (tertiary/aromatic N) is 1. The topological polar surface area (TPSA) is 50.2 Å². The van der Waals surface area contributed by atoms with Gasteiger partial charge in [0.1, 0.15) is 0 Å². The predicted molar refractivity (Wildman–Crippen MR) is 84.6 cm³/mol. The fraction of sp³-hybridized carbons (Fsp3) is 0.375. The predicted octanol–water partition coefficient (Wildman–Crippen LogP) is 4.90. The maximum absolute atomic E-state index is 11.8. The van der Waals surface area contributed by atoms with E-state index >= 15 is 0 Å². The van der Waals surface area contributed by atoms with E-state index in [1.807, 2.05) is 0 Å². The Labute approximate surface area is 132 Å². The Hall–Kier alpha value is -1.32. The largest absolute Gasteiger partial charge is 0.478 e. The average Bonchev–Trinajstić information content (AvgIpc) is 2.42. The first kappa shape index (κ1) is 14.6. The van der Waals surface area contributed by atoms with E-state index in [1.165, 1.54) is 0 Å². The van der Waals surface area contributed by atoms with Crippen LogP contribution in [0.1, 0.15) is 47.3 Å². The number of pyridine rings is 1. The highest BCUT2D eigenvalue weighted by Crippen LogP contribution is 2.35. The van der Waals surface area contributed by atoms with Gasteiger partial charge in [0.2, 0.25) is 0 Å². The zero-order chi connectivity index (χ0) is 15.0. The van der Waals surface area contributed by atoms with E-state index in [-0.39, 0.29) is 0 Å². The number of carboxylic acid groups (broad SMARTS) is 1. The van der Waals surface area contributed by atoms with E-state index in [0.717, 1.165) is 49.8 Å². The Morgan fingerprint density at radius 2 is 1.81 bits per heavy atom. The molecule has 0 amide bonds. The van der Waals surface area contributed by atoms with Crippen molar-refractivity contribution in [2.45, 2.75) is 38.5 Å². The molecule has 0 saturated carbocycles. The Balaban J connectivity index is 2.36. The zero-order valence-corrected chi connectivity index (χ0v) is 13.0. The van der Waals surface area contributed by atoms with Crippen molar-refractivity contribution in [1.29, 1.82) is 0 Å². The molecule has 3 nitrogen and oxygen atoms in total. The molecule has 1 heterocycles. The number of rotatable bonds is 1. The molecule has 110 valence electrons. The molecule has 0 saturated heterocycles. The van der Waals surface area contributed by atoms with Crippen molar-refractivity contribution in [2.75, 3.05) is 0 Å². The summed E-state index contributed by atoms with van der Waals surface area (Å²) in [6, 6.07) is 3.34. The third kappa shape index (κ3) is 2.60. The maximum atomic E-state index is 11.8. The van der Waals surface area contributed by atoms with Gasteiger partial charge in [-0.05, 0) is 37.3 Å². The lowest BCUT2D eigenvalue weighted by molar-refractivity contribution is 0.0697. The number of aryl methyl sites for hydroxylation is 1. The standard InChI is InChI=1S/C16H15Cl2NO2/c17-11-8-7-10-13(16(20)21)9-5-3-1-2-4-6-12(9)19-15(10)14(11)18/h7-8H,1-6H2,(H,20,21). The number of benzene rings is 1. The first-order valence-electron chi connectivity index (χ1n) is 7.12. The van der Waals surface area contributed by atoms with Gasteiger partial charge in [-0.15, -0.1) is 0 Å². The van der Waals surface area contributed by atoms with E-state index < -0.39 is 5.97 Å². The first-order chi connectivity index (χ1) is 10.1. The van der Waals surface area contributed by atoms with Crippen LogP contribution in [0.4, 0.5) is 0 Å². The Morgan fingerprint density at radius 3 is 2.52 bits per heavy atom. The van der Waals surface area contributed by atoms with Gasteiger partial charge in [-0.25, -0.2) is 4.79 Å². The van der Waals surface area contributed by atoms with Crippen LogP contribution < -0.4 is 0 Å². The smallest absolute Gasteiger partial charge is 0.336 e. The minimum atomic E-state index is -0.919. The fourth-order valence-electron chi connectivity index (χ4n) is 3.03. The molecule has 3 rings (SSSR count). The van der Waals surface area contributed by atoms with Crippen molar-refractivity contribution in [3.05, 3.63) is 39.0 Å². The van der Waals surface area contributed by atoms with Crippen molar-refractivity contribution < 1.29 is 9.90 Å². The monoisotopic (exact) mass is 323 g/mol. The molecule has 2 aromatic rings. The molecule has 0 bridgehead atoms. The number of aromatic nitrogens is 1. The second-order valence-corrected chi connectivity index (χ2v) is 6.17. The van der Waals surface area contributed by atoms with Gasteiger partial charge in [0.15, 0.2) is 0 Å². The van der Waals surface area contributed by atoms with Gasteiger partial charge in [0, 0.05) is 11.1 Å². The molecule has 1 N–H and O–H groups in total. The van der Waals surface area contributed by atoms with Crippen LogP contribution in [0.2, 0.25) is 10.0 Å². The number of hydrogen-bond donors (Lipinski definition) is 1. The van der Waals surface area contributed by atoms with Gasteiger partial charge in [0.25, 0.3) is 0 Å². The molecule has 1 aromatic carbocycles. The minimum Gasteiger partial charge on any atom is -0.478 e. The Bertz CT molecular complexity index is 728. The lowest BCUT2D eigenvalue weighted by Gasteiger charge is -2.18. The molecule has 0 atom stereocenters. The fourth-order valence-corrected chi connectivity index (χ4v) is 3.39. The van der Waals surface area contributed by atoms with Crippen LogP contribution in [0.3, 0.4) is 0 Å². The highest BCUT2D eigenvalue weighted by Gasteiger charge is 2.22. The van der Waals surface area contributed by atoms with E-state index in [9.17, 15) is 9.90 Å². The third-order valence-corrected chi connectivity index (χ3v) is 4.83. The van der Waals surface area contributed by atoms with Crippen molar-refractivity contribution in [3.8, 4) is 0 Å². The minimum absolute atomic E-state index is 0.335. The summed E-state index contributed by atoms with van der Waals surface area (Å²) in [4.78, 5) is 16.4. The van der Waals surface area contributed by atoms with Crippen LogP contribution in [0.25, 0.3) is 10.9 Å². The number of fused-ring (bicyclic) bond motifs is 2. The summed E-state index contributed by atoms with van der Waals surface area (Å²) in [7, 11) is 0. The van der Waals surface area contributed by atoms with Gasteiger partial charge >= 0.3 is 5.97 Å². The number of carbonyl (C=O) groups is 1. The van der Waals surface area contributed by atoms with Gasteiger partial charge < -0.3 is 5.11 Å². The van der Waals surface area contributed by atoms with Gasteiger partial charge in [-0.2, -0.15) is 0 Å². The van der Waals surface area contributed by atoms with Crippen LogP contribution in [-0.4, -0.2) is 16.1 Å². The maximum Gasteiger partial charge on any atom is 0.336 e. The summed E-state index contributed by atoms with van der Waals surface area (Å²) in [5, 5.41) is 11.0. The molecule has 1 aliphatic rings. The molecule has 21 heavy (non-hydrogen) atoms. The van der Waals surface area contributed by atoms with Crippen molar-refractivity contribution in [3.63, 3.8) is 0 Å². The third-order valence-electron chi connectivity index (χ3n) is 4.04. The van der Waals surface area contributed by atoms with Crippen LogP contribution in [-0.2, 0) is 12.8 Å². The number of halogens is 2. The highest BCUT2D eigenvalue weighted by molar-refractivity contribution is 6.45. The lowest BCUT2D eigenvalue weighted by Crippen LogP contribution is -2.11. The molecular formula is C16H15Cl2NO2. The number of hydrogen-bond acceptors (Lipinski definition) is 2. The van der Waals surface area contributed by atoms with Crippen LogP contribution >= 0.6 is 23.2 Å². The molecule has 1 aliphatic carbocycles. The second kappa shape index (κ2) is 5.82. The van der Waals surface area contributed by atoms with E-state index in [2.05, 4.69) is 4.98 Å². The SMILES string of the molecule is O=C(O)c1c2c(nc3c(Cl)c(Cl)ccc13)CCCCCC2. The highest BCUT2D eigenvalue weighted by atomic mass is 35.5. The Morgan fingerprint density at radius 1 is 1.10 bits per heavy atom. The van der Waals surface area contributed by atoms with Gasteiger partial charge in [0.05, 0.1) is 21.1 Å². The molecule has 5 heteroatoms. The molecule has 1 aromatic heterocycles. The van der Waals surface area contributed by atoms with E-state index in [4.69, 9.17) is 23.2 Å². The number of aromatic carboxylic acids is 1. The molecule has 0 unspecified atom stereocenters. The summed E-state index contributed by atoms with van der Waals surface area (Å²) in [6.07, 6.45) is 5.89. The summed E-state index contributed by atoms with van der Waals surface area (Å²) in [6.45, 7) is 0. The normalized spacial score (nSPS) is 15.3. The molecule has 0 aliphatic heterocycles.